The summed E-state index contributed by atoms with van der Waals surface area (Å²) in [5.41, 5.74) is -0.544. The zero-order chi connectivity index (χ0) is 14.1. The molecule has 0 aliphatic carbocycles. The Morgan fingerprint density at radius 3 is 2.53 bits per heavy atom. The summed E-state index contributed by atoms with van der Waals surface area (Å²) in [6, 6.07) is 2.34. The van der Waals surface area contributed by atoms with Crippen LogP contribution in [0.4, 0.5) is 13.2 Å². The Morgan fingerprint density at radius 2 is 2.11 bits per heavy atom. The Kier molecular flexibility index (Phi) is 3.71. The highest BCUT2D eigenvalue weighted by Gasteiger charge is 2.38. The van der Waals surface area contributed by atoms with Crippen molar-refractivity contribution < 1.29 is 22.9 Å². The van der Waals surface area contributed by atoms with E-state index in [1.165, 1.54) is 12.3 Å². The molecule has 1 fully saturated rings. The summed E-state index contributed by atoms with van der Waals surface area (Å²) in [5, 5.41) is 3.21. The lowest BCUT2D eigenvalue weighted by atomic mass is 9.79. The van der Waals surface area contributed by atoms with Crippen LogP contribution in [0.25, 0.3) is 0 Å². The van der Waals surface area contributed by atoms with Gasteiger partial charge in [0.15, 0.2) is 5.75 Å². The van der Waals surface area contributed by atoms with Gasteiger partial charge in [-0.3, -0.25) is 0 Å². The van der Waals surface area contributed by atoms with Crippen LogP contribution in [0.5, 0.6) is 5.75 Å². The van der Waals surface area contributed by atoms with E-state index in [0.29, 0.717) is 5.75 Å². The first kappa shape index (κ1) is 14.1. The predicted molar refractivity (Wildman–Crippen MR) is 63.7 cm³/mol. The third kappa shape index (κ3) is 3.59. The molecule has 0 amide bonds. The van der Waals surface area contributed by atoms with Crippen LogP contribution in [-0.4, -0.2) is 19.2 Å². The Labute approximate surface area is 110 Å². The summed E-state index contributed by atoms with van der Waals surface area (Å²) in [5.74, 6) is 0.427. The average molecular weight is 275 g/mol. The first-order valence-corrected chi connectivity index (χ1v) is 6.25. The topological polar surface area (TPSA) is 35.4 Å². The number of H-pyrrole nitrogens is 1. The maximum Gasteiger partial charge on any atom is 0.477 e. The minimum Gasteiger partial charge on any atom is -0.484 e. The van der Waals surface area contributed by atoms with E-state index in [1.807, 2.05) is 6.92 Å². The van der Waals surface area contributed by atoms with Crippen molar-refractivity contribution in [3.05, 3.63) is 24.0 Å². The molecule has 1 aromatic rings. The molecule has 19 heavy (non-hydrogen) atoms. The van der Waals surface area contributed by atoms with Crippen LogP contribution in [0, 0.1) is 5.41 Å². The van der Waals surface area contributed by atoms with Crippen LogP contribution in [0.1, 0.15) is 26.0 Å². The fourth-order valence-electron chi connectivity index (χ4n) is 2.32. The number of hydrogen-bond acceptors (Lipinski definition) is 2. The molecule has 2 heterocycles. The molecule has 1 aromatic heterocycles. The van der Waals surface area contributed by atoms with E-state index in [4.69, 9.17) is 4.74 Å². The molecule has 0 unspecified atom stereocenters. The van der Waals surface area contributed by atoms with Crippen LogP contribution >= 0.6 is 0 Å². The van der Waals surface area contributed by atoms with Crippen molar-refractivity contribution in [3.63, 3.8) is 0 Å². The Bertz CT molecular complexity index is 427. The van der Waals surface area contributed by atoms with Crippen LogP contribution in [0.15, 0.2) is 18.3 Å². The number of pyridine rings is 1. The quantitative estimate of drug-likeness (QED) is 0.915. The van der Waals surface area contributed by atoms with E-state index >= 15 is 0 Å². The lowest BCUT2D eigenvalue weighted by Gasteiger charge is -2.40. The van der Waals surface area contributed by atoms with Gasteiger partial charge in [-0.05, 0) is 24.8 Å². The number of ether oxygens (including phenoxy) is 1. The standard InChI is InChI=1S/C13H17F3N2O/c1-9(5-12(2)7-17-8-12)19-10-3-4-11(18-6-10)13(14,15)16/h3-4,6,9,17H,5,7-8H2,1-2H3/p+1/t9-/m0/s1. The maximum atomic E-state index is 12.4. The molecule has 0 radical (unpaired) electrons. The van der Waals surface area contributed by atoms with E-state index in [9.17, 15) is 13.2 Å². The average Bonchev–Trinajstić information content (AvgIpc) is 2.26. The number of alkyl halides is 3. The smallest absolute Gasteiger partial charge is 0.477 e. The molecule has 1 aliphatic heterocycles. The van der Waals surface area contributed by atoms with Crippen molar-refractivity contribution in [2.24, 2.45) is 5.41 Å². The molecule has 1 atom stereocenters. The number of aromatic amines is 1. The predicted octanol–water partition coefficient (Wildman–Crippen LogP) is 2.29. The zero-order valence-corrected chi connectivity index (χ0v) is 11.0. The van der Waals surface area contributed by atoms with E-state index in [2.05, 4.69) is 17.2 Å². The van der Waals surface area contributed by atoms with Crippen LogP contribution < -0.4 is 15.0 Å². The zero-order valence-electron chi connectivity index (χ0n) is 11.0. The number of rotatable bonds is 4. The summed E-state index contributed by atoms with van der Waals surface area (Å²) >= 11 is 0. The van der Waals surface area contributed by atoms with Crippen LogP contribution in [0.2, 0.25) is 0 Å². The first-order valence-electron chi connectivity index (χ1n) is 6.25. The van der Waals surface area contributed by atoms with Crippen molar-refractivity contribution in [2.75, 3.05) is 13.1 Å². The van der Waals surface area contributed by atoms with Gasteiger partial charge in [-0.2, -0.15) is 13.2 Å². The van der Waals surface area contributed by atoms with Crippen molar-refractivity contribution in [2.45, 2.75) is 32.5 Å². The van der Waals surface area contributed by atoms with Gasteiger partial charge in [0.1, 0.15) is 0 Å². The van der Waals surface area contributed by atoms with Gasteiger partial charge in [-0.15, -0.1) is 0 Å². The third-order valence-electron chi connectivity index (χ3n) is 3.31. The number of nitrogens with one attached hydrogen (secondary N) is 2. The van der Waals surface area contributed by atoms with Crippen molar-refractivity contribution in [1.82, 2.24) is 5.32 Å². The summed E-state index contributed by atoms with van der Waals surface area (Å²) in [6.07, 6.45) is -2.26. The Balaban J connectivity index is 1.92. The molecule has 6 heteroatoms. The van der Waals surface area contributed by atoms with Gasteiger partial charge in [0, 0.05) is 19.2 Å². The van der Waals surface area contributed by atoms with E-state index in [1.54, 1.807) is 0 Å². The second-order valence-corrected chi connectivity index (χ2v) is 5.48. The molecular weight excluding hydrogens is 257 g/mol. The van der Waals surface area contributed by atoms with Crippen molar-refractivity contribution >= 4 is 0 Å². The fraction of sp³-hybridized carbons (Fsp3) is 0.615. The highest BCUT2D eigenvalue weighted by molar-refractivity contribution is 5.17. The summed E-state index contributed by atoms with van der Waals surface area (Å²) in [6.45, 7) is 6.02. The molecule has 2 rings (SSSR count). The molecule has 1 saturated heterocycles. The van der Waals surface area contributed by atoms with Gasteiger partial charge in [0.25, 0.3) is 5.69 Å². The minimum atomic E-state index is -4.35. The SMILES string of the molecule is C[C@@H](CC1(C)CNC1)Oc1ccc(C(F)(F)F)[nH+]c1. The molecule has 3 nitrogen and oxygen atoms in total. The Morgan fingerprint density at radius 1 is 1.42 bits per heavy atom. The highest BCUT2D eigenvalue weighted by atomic mass is 19.4. The molecule has 0 bridgehead atoms. The lowest BCUT2D eigenvalue weighted by Crippen LogP contribution is -2.53. The molecule has 0 aromatic carbocycles. The van der Waals surface area contributed by atoms with E-state index in [0.717, 1.165) is 25.6 Å². The van der Waals surface area contributed by atoms with Gasteiger partial charge in [-0.25, -0.2) is 4.98 Å². The van der Waals surface area contributed by atoms with Gasteiger partial charge < -0.3 is 10.1 Å². The van der Waals surface area contributed by atoms with Crippen molar-refractivity contribution in [3.8, 4) is 5.75 Å². The van der Waals surface area contributed by atoms with Crippen LogP contribution in [0.3, 0.4) is 0 Å². The normalized spacial score (nSPS) is 19.6. The fourth-order valence-corrected chi connectivity index (χ4v) is 2.32. The summed E-state index contributed by atoms with van der Waals surface area (Å²) < 4.78 is 42.8. The van der Waals surface area contributed by atoms with Gasteiger partial charge in [0.2, 0.25) is 6.20 Å². The third-order valence-corrected chi connectivity index (χ3v) is 3.31. The molecule has 2 N–H and O–H groups in total. The second kappa shape index (κ2) is 5.00. The molecule has 106 valence electrons. The minimum absolute atomic E-state index is 0.0303. The van der Waals surface area contributed by atoms with Crippen LogP contribution in [-0.2, 0) is 6.18 Å². The number of aromatic nitrogens is 1. The highest BCUT2D eigenvalue weighted by Crippen LogP contribution is 2.29. The molecule has 0 spiro atoms. The molecule has 0 saturated carbocycles. The van der Waals surface area contributed by atoms with Gasteiger partial charge >= 0.3 is 6.18 Å². The second-order valence-electron chi connectivity index (χ2n) is 5.48. The number of hydrogen-bond donors (Lipinski definition) is 1. The first-order chi connectivity index (χ1) is 8.78. The largest absolute Gasteiger partial charge is 0.484 e. The lowest BCUT2D eigenvalue weighted by molar-refractivity contribution is -0.426. The Hall–Kier alpha value is -1.30. The van der Waals surface area contributed by atoms with E-state index in [-0.39, 0.29) is 11.5 Å². The number of halogens is 3. The summed E-state index contributed by atoms with van der Waals surface area (Å²) in [4.78, 5) is 2.21. The monoisotopic (exact) mass is 275 g/mol. The molecule has 1 aliphatic rings. The van der Waals surface area contributed by atoms with Gasteiger partial charge in [0.05, 0.1) is 6.10 Å². The summed E-state index contributed by atoms with van der Waals surface area (Å²) in [7, 11) is 0. The van der Waals surface area contributed by atoms with Gasteiger partial charge in [-0.1, -0.05) is 6.92 Å². The van der Waals surface area contributed by atoms with E-state index < -0.39 is 11.9 Å². The molecular formula is C13H18F3N2O+. The maximum absolute atomic E-state index is 12.4. The van der Waals surface area contributed by atoms with Crippen molar-refractivity contribution in [1.29, 1.82) is 0 Å².